The zero-order chi connectivity index (χ0) is 13.7. The number of carbonyl (C=O) groups excluding carboxylic acids is 1. The Kier molecular flexibility index (Phi) is 4.35. The number of likely N-dealkylation sites (tertiary alicyclic amines) is 1. The van der Waals surface area contributed by atoms with Gasteiger partial charge in [-0.1, -0.05) is 0 Å². The lowest BCUT2D eigenvalue weighted by molar-refractivity contribution is -0.129. The molecule has 0 aromatic carbocycles. The van der Waals surface area contributed by atoms with Gasteiger partial charge in [0.1, 0.15) is 11.6 Å². The highest BCUT2D eigenvalue weighted by atomic mass is 16.2. The summed E-state index contributed by atoms with van der Waals surface area (Å²) in [5, 5.41) is 3.04. The monoisotopic (exact) mass is 265 g/mol. The number of amides is 1. The van der Waals surface area contributed by atoms with Crippen molar-refractivity contribution in [3.63, 3.8) is 0 Å². The van der Waals surface area contributed by atoms with Gasteiger partial charge in [0.25, 0.3) is 0 Å². The quantitative estimate of drug-likeness (QED) is 0.428. The SMILES string of the molecule is NNc1cc(NCCC(=O)N2CCCC2)nc(N)n1. The van der Waals surface area contributed by atoms with Gasteiger partial charge < -0.3 is 21.4 Å². The molecule has 1 aliphatic rings. The van der Waals surface area contributed by atoms with Crippen molar-refractivity contribution >= 4 is 23.5 Å². The predicted molar refractivity (Wildman–Crippen MR) is 73.2 cm³/mol. The number of carbonyl (C=O) groups is 1. The topological polar surface area (TPSA) is 122 Å². The first kappa shape index (κ1) is 13.3. The molecule has 1 aromatic heterocycles. The molecule has 1 aliphatic heterocycles. The van der Waals surface area contributed by atoms with Gasteiger partial charge in [-0.2, -0.15) is 9.97 Å². The lowest BCUT2D eigenvalue weighted by atomic mass is 10.3. The molecule has 104 valence electrons. The summed E-state index contributed by atoms with van der Waals surface area (Å²) in [6.07, 6.45) is 2.65. The first-order valence-electron chi connectivity index (χ1n) is 6.32. The Morgan fingerprint density at radius 1 is 1.32 bits per heavy atom. The van der Waals surface area contributed by atoms with Crippen LogP contribution < -0.4 is 22.3 Å². The van der Waals surface area contributed by atoms with Gasteiger partial charge in [0.05, 0.1) is 0 Å². The van der Waals surface area contributed by atoms with Crippen molar-refractivity contribution in [3.8, 4) is 0 Å². The fourth-order valence-corrected chi connectivity index (χ4v) is 2.05. The molecule has 0 atom stereocenters. The summed E-state index contributed by atoms with van der Waals surface area (Å²) in [6, 6.07) is 1.64. The molecular formula is C11H19N7O. The largest absolute Gasteiger partial charge is 0.369 e. The molecule has 0 saturated carbocycles. The molecule has 1 amide bonds. The molecule has 2 heterocycles. The van der Waals surface area contributed by atoms with Gasteiger partial charge in [-0.3, -0.25) is 4.79 Å². The third-order valence-electron chi connectivity index (χ3n) is 3.00. The summed E-state index contributed by atoms with van der Waals surface area (Å²) in [5.41, 5.74) is 7.94. The van der Waals surface area contributed by atoms with Gasteiger partial charge in [0.2, 0.25) is 11.9 Å². The van der Waals surface area contributed by atoms with Crippen LogP contribution in [0.25, 0.3) is 0 Å². The van der Waals surface area contributed by atoms with Crippen molar-refractivity contribution in [1.29, 1.82) is 0 Å². The van der Waals surface area contributed by atoms with Crippen molar-refractivity contribution in [2.75, 3.05) is 36.1 Å². The van der Waals surface area contributed by atoms with E-state index in [0.717, 1.165) is 25.9 Å². The molecule has 19 heavy (non-hydrogen) atoms. The van der Waals surface area contributed by atoms with Crippen molar-refractivity contribution in [1.82, 2.24) is 14.9 Å². The van der Waals surface area contributed by atoms with Crippen LogP contribution >= 0.6 is 0 Å². The van der Waals surface area contributed by atoms with Crippen LogP contribution in [-0.2, 0) is 4.79 Å². The molecule has 8 heteroatoms. The number of rotatable bonds is 5. The van der Waals surface area contributed by atoms with Crippen LogP contribution in [0.4, 0.5) is 17.6 Å². The van der Waals surface area contributed by atoms with Crippen molar-refractivity contribution in [2.45, 2.75) is 19.3 Å². The third kappa shape index (κ3) is 3.68. The summed E-state index contributed by atoms with van der Waals surface area (Å²) in [7, 11) is 0. The number of aromatic nitrogens is 2. The van der Waals surface area contributed by atoms with Gasteiger partial charge in [0.15, 0.2) is 0 Å². The van der Waals surface area contributed by atoms with E-state index < -0.39 is 0 Å². The maximum absolute atomic E-state index is 11.8. The van der Waals surface area contributed by atoms with E-state index in [1.54, 1.807) is 6.07 Å². The summed E-state index contributed by atoms with van der Waals surface area (Å²) in [6.45, 7) is 2.26. The summed E-state index contributed by atoms with van der Waals surface area (Å²) in [4.78, 5) is 21.6. The number of hydrazine groups is 1. The van der Waals surface area contributed by atoms with Crippen LogP contribution in [0.1, 0.15) is 19.3 Å². The molecular weight excluding hydrogens is 246 g/mol. The van der Waals surface area contributed by atoms with Crippen molar-refractivity contribution in [3.05, 3.63) is 6.07 Å². The minimum atomic E-state index is 0.129. The van der Waals surface area contributed by atoms with E-state index in [2.05, 4.69) is 20.7 Å². The third-order valence-corrected chi connectivity index (χ3v) is 3.00. The highest BCUT2D eigenvalue weighted by Gasteiger charge is 2.17. The second-order valence-electron chi connectivity index (χ2n) is 4.41. The lowest BCUT2D eigenvalue weighted by Gasteiger charge is -2.15. The maximum Gasteiger partial charge on any atom is 0.224 e. The lowest BCUT2D eigenvalue weighted by Crippen LogP contribution is -2.29. The number of anilines is 3. The number of hydrogen-bond acceptors (Lipinski definition) is 7. The maximum atomic E-state index is 11.8. The van der Waals surface area contributed by atoms with Crippen molar-refractivity contribution in [2.24, 2.45) is 5.84 Å². The van der Waals surface area contributed by atoms with Crippen LogP contribution in [0.5, 0.6) is 0 Å². The molecule has 6 N–H and O–H groups in total. The summed E-state index contributed by atoms with van der Waals surface area (Å²) >= 11 is 0. The number of hydrogen-bond donors (Lipinski definition) is 4. The minimum Gasteiger partial charge on any atom is -0.369 e. The van der Waals surface area contributed by atoms with E-state index in [9.17, 15) is 4.79 Å². The van der Waals surface area contributed by atoms with Gasteiger partial charge in [-0.15, -0.1) is 0 Å². The first-order chi connectivity index (χ1) is 9.19. The summed E-state index contributed by atoms with van der Waals surface area (Å²) < 4.78 is 0. The van der Waals surface area contributed by atoms with Crippen LogP contribution in [0, 0.1) is 0 Å². The minimum absolute atomic E-state index is 0.129. The fourth-order valence-electron chi connectivity index (χ4n) is 2.05. The normalized spacial score (nSPS) is 14.5. The zero-order valence-corrected chi connectivity index (χ0v) is 10.7. The van der Waals surface area contributed by atoms with Gasteiger partial charge in [-0.05, 0) is 12.8 Å². The van der Waals surface area contributed by atoms with Gasteiger partial charge >= 0.3 is 0 Å². The number of nitrogen functional groups attached to an aromatic ring is 2. The van der Waals surface area contributed by atoms with E-state index >= 15 is 0 Å². The van der Waals surface area contributed by atoms with Crippen LogP contribution in [0.15, 0.2) is 6.07 Å². The van der Waals surface area contributed by atoms with Gasteiger partial charge in [0, 0.05) is 32.1 Å². The molecule has 0 spiro atoms. The highest BCUT2D eigenvalue weighted by molar-refractivity contribution is 5.77. The fraction of sp³-hybridized carbons (Fsp3) is 0.545. The van der Waals surface area contributed by atoms with Crippen LogP contribution in [0.2, 0.25) is 0 Å². The number of nitrogens with two attached hydrogens (primary N) is 2. The number of nitrogens with one attached hydrogen (secondary N) is 2. The average molecular weight is 265 g/mol. The Balaban J connectivity index is 1.81. The molecule has 0 aliphatic carbocycles. The Bertz CT molecular complexity index is 445. The molecule has 1 saturated heterocycles. The Morgan fingerprint density at radius 2 is 2.00 bits per heavy atom. The zero-order valence-electron chi connectivity index (χ0n) is 10.7. The Hall–Kier alpha value is -2.09. The molecule has 0 unspecified atom stereocenters. The summed E-state index contributed by atoms with van der Waals surface area (Å²) in [5.74, 6) is 6.54. The van der Waals surface area contributed by atoms with Crippen LogP contribution in [0.3, 0.4) is 0 Å². The molecule has 2 rings (SSSR count). The standard InChI is InChI=1S/C11H19N7O/c12-11-15-8(7-9(16-11)17-13)14-4-3-10(19)18-5-1-2-6-18/h7H,1-6,13H2,(H4,12,14,15,16,17). The smallest absolute Gasteiger partial charge is 0.224 e. The average Bonchev–Trinajstić information content (AvgIpc) is 2.92. The second kappa shape index (κ2) is 6.19. The molecule has 0 bridgehead atoms. The predicted octanol–water partition coefficient (Wildman–Crippen LogP) is -0.231. The van der Waals surface area contributed by atoms with Gasteiger partial charge in [-0.25, -0.2) is 5.84 Å². The van der Waals surface area contributed by atoms with Crippen LogP contribution in [-0.4, -0.2) is 40.4 Å². The Morgan fingerprint density at radius 3 is 2.68 bits per heavy atom. The van der Waals surface area contributed by atoms with E-state index in [-0.39, 0.29) is 11.9 Å². The van der Waals surface area contributed by atoms with Crippen molar-refractivity contribution < 1.29 is 4.79 Å². The molecule has 1 aromatic rings. The number of nitrogens with zero attached hydrogens (tertiary/aromatic N) is 3. The van der Waals surface area contributed by atoms with E-state index in [4.69, 9.17) is 11.6 Å². The second-order valence-corrected chi connectivity index (χ2v) is 4.41. The first-order valence-corrected chi connectivity index (χ1v) is 6.32. The highest BCUT2D eigenvalue weighted by Crippen LogP contribution is 2.12. The molecule has 1 fully saturated rings. The van der Waals surface area contributed by atoms with E-state index in [1.165, 1.54) is 0 Å². The van der Waals surface area contributed by atoms with E-state index in [1.807, 2.05) is 4.90 Å². The molecule has 8 nitrogen and oxygen atoms in total. The Labute approximate surface area is 111 Å². The molecule has 0 radical (unpaired) electrons. The van der Waals surface area contributed by atoms with E-state index in [0.29, 0.717) is 24.6 Å².